The minimum atomic E-state index is -0.380. The lowest BCUT2D eigenvalue weighted by Crippen LogP contribution is -2.43. The monoisotopic (exact) mass is 570 g/mol. The van der Waals surface area contributed by atoms with Crippen molar-refractivity contribution in [2.24, 2.45) is 5.92 Å². The molecule has 0 aliphatic heterocycles. The van der Waals surface area contributed by atoms with Crippen LogP contribution in [0.2, 0.25) is 0 Å². The molecule has 6 nitrogen and oxygen atoms in total. The van der Waals surface area contributed by atoms with Crippen LogP contribution >= 0.6 is 0 Å². The molecule has 0 bridgehead atoms. The van der Waals surface area contributed by atoms with E-state index in [0.29, 0.717) is 40.1 Å². The number of nitrogens with zero attached hydrogens (tertiary/aromatic N) is 2. The Morgan fingerprint density at radius 2 is 1.55 bits per heavy atom. The Morgan fingerprint density at radius 1 is 0.881 bits per heavy atom. The largest absolute Gasteiger partial charge is 0.464 e. The van der Waals surface area contributed by atoms with Crippen LogP contribution in [0.3, 0.4) is 0 Å². The quantitative estimate of drug-likeness (QED) is 0.207. The predicted molar refractivity (Wildman–Crippen MR) is 164 cm³/mol. The maximum absolute atomic E-state index is 13.9. The first kappa shape index (κ1) is 30.7. The van der Waals surface area contributed by atoms with E-state index < -0.39 is 0 Å². The topological polar surface area (TPSA) is 70.8 Å². The predicted octanol–water partition coefficient (Wildman–Crippen LogP) is 6.95. The molecule has 1 heterocycles. The highest BCUT2D eigenvalue weighted by molar-refractivity contribution is 5.96. The van der Waals surface area contributed by atoms with Crippen molar-refractivity contribution in [3.8, 4) is 0 Å². The van der Waals surface area contributed by atoms with Crippen LogP contribution < -0.4 is 5.43 Å². The summed E-state index contributed by atoms with van der Waals surface area (Å²) in [4.78, 5) is 43.9. The average Bonchev–Trinajstić information content (AvgIpc) is 2.96. The fourth-order valence-corrected chi connectivity index (χ4v) is 4.70. The number of hydrogen-bond acceptors (Lipinski definition) is 4. The molecule has 4 rings (SSSR count). The molecule has 0 unspecified atom stereocenters. The molecule has 42 heavy (non-hydrogen) atoms. The molecule has 0 fully saturated rings. The summed E-state index contributed by atoms with van der Waals surface area (Å²) in [7, 11) is 0. The number of amides is 2. The molecule has 1 aromatic heterocycles. The van der Waals surface area contributed by atoms with E-state index in [9.17, 15) is 18.8 Å². The molecule has 4 aromatic rings. The Morgan fingerprint density at radius 3 is 2.19 bits per heavy atom. The van der Waals surface area contributed by atoms with Gasteiger partial charge in [0.15, 0.2) is 5.43 Å². The Hall–Kier alpha value is -4.26. The third-order valence-corrected chi connectivity index (χ3v) is 7.34. The van der Waals surface area contributed by atoms with E-state index in [2.05, 4.69) is 34.6 Å². The van der Waals surface area contributed by atoms with E-state index in [4.69, 9.17) is 4.42 Å². The Bertz CT molecular complexity index is 1580. The van der Waals surface area contributed by atoms with Crippen molar-refractivity contribution in [2.45, 2.75) is 59.5 Å². The summed E-state index contributed by atoms with van der Waals surface area (Å²) in [5.74, 6) is -0.599. The second kappa shape index (κ2) is 13.1. The smallest absolute Gasteiger partial charge is 0.254 e. The fourth-order valence-electron chi connectivity index (χ4n) is 4.70. The van der Waals surface area contributed by atoms with Crippen molar-refractivity contribution < 1.29 is 18.4 Å². The van der Waals surface area contributed by atoms with E-state index in [0.717, 1.165) is 12.0 Å². The highest BCUT2D eigenvalue weighted by Gasteiger charge is 2.25. The number of carbonyl (C=O) groups is 2. The molecular weight excluding hydrogens is 531 g/mol. The lowest BCUT2D eigenvalue weighted by atomic mass is 9.86. The molecule has 2 amide bonds. The van der Waals surface area contributed by atoms with Crippen molar-refractivity contribution in [3.05, 3.63) is 117 Å². The second-order valence-electron chi connectivity index (χ2n) is 12.2. The Kier molecular flexibility index (Phi) is 9.61. The third kappa shape index (κ3) is 7.72. The van der Waals surface area contributed by atoms with Gasteiger partial charge >= 0.3 is 0 Å². The lowest BCUT2D eigenvalue weighted by Gasteiger charge is -2.28. The zero-order chi connectivity index (χ0) is 30.4. The maximum Gasteiger partial charge on any atom is 0.254 e. The molecule has 0 aliphatic rings. The first-order valence-electron chi connectivity index (χ1n) is 14.3. The van der Waals surface area contributed by atoms with Crippen LogP contribution in [0, 0.1) is 11.7 Å². The van der Waals surface area contributed by atoms with Crippen molar-refractivity contribution in [2.75, 3.05) is 13.1 Å². The van der Waals surface area contributed by atoms with Crippen LogP contribution in [0.15, 0.2) is 88.3 Å². The minimum absolute atomic E-state index is 0.0180. The van der Waals surface area contributed by atoms with Gasteiger partial charge in [0.1, 0.15) is 17.9 Å². The number of para-hydroxylation sites is 1. The zero-order valence-corrected chi connectivity index (χ0v) is 25.0. The minimum Gasteiger partial charge on any atom is -0.464 e. The summed E-state index contributed by atoms with van der Waals surface area (Å²) >= 11 is 0. The van der Waals surface area contributed by atoms with E-state index in [1.54, 1.807) is 41.3 Å². The van der Waals surface area contributed by atoms with Crippen LogP contribution in [-0.4, -0.2) is 34.7 Å². The molecule has 0 saturated carbocycles. The Balaban J connectivity index is 1.63. The summed E-state index contributed by atoms with van der Waals surface area (Å²) in [5, 5.41) is 0.427. The third-order valence-electron chi connectivity index (χ3n) is 7.34. The van der Waals surface area contributed by atoms with Crippen LogP contribution in [0.1, 0.15) is 68.1 Å². The van der Waals surface area contributed by atoms with Gasteiger partial charge < -0.3 is 14.2 Å². The van der Waals surface area contributed by atoms with Crippen molar-refractivity contribution in [1.82, 2.24) is 9.80 Å². The molecule has 0 aliphatic carbocycles. The molecule has 0 N–H and O–H groups in total. The zero-order valence-electron chi connectivity index (χ0n) is 25.0. The molecule has 0 atom stereocenters. The lowest BCUT2D eigenvalue weighted by molar-refractivity contribution is -0.133. The van der Waals surface area contributed by atoms with Gasteiger partial charge in [0.25, 0.3) is 5.91 Å². The van der Waals surface area contributed by atoms with Gasteiger partial charge in [-0.05, 0) is 65.3 Å². The molecular formula is C35H39FN2O4. The average molecular weight is 571 g/mol. The standard InChI is InChI=1S/C35H39FN2O4/c1-24(2)18-19-37(34(41)26-12-14-28(15-13-26)35(3,4)5)22-32(39)38(20-25-10-16-29(36)17-11-25)21-27-23-42-31-9-7-6-8-30(31)33(27)40/h6-17,23-24H,18-22H2,1-5H3. The van der Waals surface area contributed by atoms with Crippen molar-refractivity contribution >= 4 is 22.8 Å². The van der Waals surface area contributed by atoms with E-state index in [1.807, 2.05) is 24.3 Å². The summed E-state index contributed by atoms with van der Waals surface area (Å²) < 4.78 is 19.3. The second-order valence-corrected chi connectivity index (χ2v) is 12.2. The fraction of sp³-hybridized carbons (Fsp3) is 0.343. The van der Waals surface area contributed by atoms with Crippen molar-refractivity contribution in [3.63, 3.8) is 0 Å². The van der Waals surface area contributed by atoms with Crippen LogP contribution in [0.25, 0.3) is 11.0 Å². The summed E-state index contributed by atoms with van der Waals surface area (Å²) in [6, 6.07) is 20.4. The first-order valence-corrected chi connectivity index (χ1v) is 14.3. The summed E-state index contributed by atoms with van der Waals surface area (Å²) in [6.07, 6.45) is 2.11. The summed E-state index contributed by atoms with van der Waals surface area (Å²) in [6.45, 7) is 10.9. The van der Waals surface area contributed by atoms with Crippen LogP contribution in [0.5, 0.6) is 0 Å². The number of benzene rings is 3. The van der Waals surface area contributed by atoms with Gasteiger partial charge in [-0.25, -0.2) is 4.39 Å². The number of carbonyl (C=O) groups excluding carboxylic acids is 2. The first-order chi connectivity index (χ1) is 19.9. The normalized spacial score (nSPS) is 11.6. The number of fused-ring (bicyclic) bond motifs is 1. The van der Waals surface area contributed by atoms with Gasteiger partial charge in [-0.3, -0.25) is 14.4 Å². The van der Waals surface area contributed by atoms with Crippen LogP contribution in [-0.2, 0) is 23.3 Å². The van der Waals surface area contributed by atoms with Crippen molar-refractivity contribution in [1.29, 1.82) is 0 Å². The Labute approximate surface area is 246 Å². The number of rotatable bonds is 10. The SMILES string of the molecule is CC(C)CCN(CC(=O)N(Cc1ccc(F)cc1)Cc1coc2ccccc2c1=O)C(=O)c1ccc(C(C)(C)C)cc1. The molecule has 0 spiro atoms. The van der Waals surface area contributed by atoms with E-state index in [1.165, 1.54) is 23.3 Å². The van der Waals surface area contributed by atoms with E-state index in [-0.39, 0.29) is 48.1 Å². The highest BCUT2D eigenvalue weighted by Crippen LogP contribution is 2.23. The molecule has 3 aromatic carbocycles. The van der Waals surface area contributed by atoms with Gasteiger partial charge in [-0.15, -0.1) is 0 Å². The maximum atomic E-state index is 13.9. The number of hydrogen-bond donors (Lipinski definition) is 0. The molecule has 7 heteroatoms. The number of halogens is 1. The van der Waals surface area contributed by atoms with E-state index >= 15 is 0 Å². The van der Waals surface area contributed by atoms with Gasteiger partial charge in [0, 0.05) is 18.7 Å². The van der Waals surface area contributed by atoms with Gasteiger partial charge in [0.05, 0.1) is 23.8 Å². The van der Waals surface area contributed by atoms with Gasteiger partial charge in [-0.1, -0.05) is 71.0 Å². The van der Waals surface area contributed by atoms with Gasteiger partial charge in [-0.2, -0.15) is 0 Å². The molecule has 0 saturated heterocycles. The molecule has 220 valence electrons. The van der Waals surface area contributed by atoms with Crippen LogP contribution in [0.4, 0.5) is 4.39 Å². The highest BCUT2D eigenvalue weighted by atomic mass is 19.1. The van der Waals surface area contributed by atoms with Gasteiger partial charge in [0.2, 0.25) is 5.91 Å². The summed E-state index contributed by atoms with van der Waals surface area (Å²) in [5.41, 5.74) is 2.84. The molecule has 0 radical (unpaired) electrons.